The van der Waals surface area contributed by atoms with Gasteiger partial charge in [0.2, 0.25) is 5.91 Å². The summed E-state index contributed by atoms with van der Waals surface area (Å²) in [6, 6.07) is 8.14. The molecular weight excluding hydrogens is 236 g/mol. The zero-order valence-corrected chi connectivity index (χ0v) is 11.7. The van der Waals surface area contributed by atoms with Crippen LogP contribution in [0.2, 0.25) is 0 Å². The molecule has 1 amide bonds. The van der Waals surface area contributed by atoms with Crippen LogP contribution in [0.4, 0.5) is 5.69 Å². The molecule has 0 radical (unpaired) electrons. The van der Waals surface area contributed by atoms with E-state index in [2.05, 4.69) is 24.4 Å². The Morgan fingerprint density at radius 3 is 2.53 bits per heavy atom. The maximum Gasteiger partial charge on any atom is 0.226 e. The number of nitrogens with two attached hydrogens (primary N) is 1. The number of anilines is 1. The standard InChI is InChI=1S/C16H24N2O/c1-2-3-5-13-6-8-14(9-7-13)18-15(19)12-16(17)10-4-11-16/h6-9H,2-5,10-12,17H2,1H3,(H,18,19). The fourth-order valence-corrected chi connectivity index (χ4v) is 2.47. The minimum absolute atomic E-state index is 0.0310. The quantitative estimate of drug-likeness (QED) is 0.825. The number of carbonyl (C=O) groups is 1. The highest BCUT2D eigenvalue weighted by Crippen LogP contribution is 2.32. The molecule has 0 spiro atoms. The fourth-order valence-electron chi connectivity index (χ4n) is 2.47. The third-order valence-electron chi connectivity index (χ3n) is 3.92. The van der Waals surface area contributed by atoms with Gasteiger partial charge >= 0.3 is 0 Å². The van der Waals surface area contributed by atoms with Crippen LogP contribution in [-0.4, -0.2) is 11.4 Å². The Kier molecular flexibility index (Phi) is 4.59. The van der Waals surface area contributed by atoms with Gasteiger partial charge in [0.25, 0.3) is 0 Å². The molecule has 0 saturated heterocycles. The van der Waals surface area contributed by atoms with Crippen LogP contribution in [0.25, 0.3) is 0 Å². The summed E-state index contributed by atoms with van der Waals surface area (Å²) in [5.41, 5.74) is 8.03. The van der Waals surface area contributed by atoms with Gasteiger partial charge in [-0.3, -0.25) is 4.79 Å². The molecule has 0 aliphatic heterocycles. The lowest BCUT2D eigenvalue weighted by Crippen LogP contribution is -2.48. The summed E-state index contributed by atoms with van der Waals surface area (Å²) in [5.74, 6) is 0.0310. The topological polar surface area (TPSA) is 55.1 Å². The van der Waals surface area contributed by atoms with Gasteiger partial charge in [0.15, 0.2) is 0 Å². The largest absolute Gasteiger partial charge is 0.326 e. The van der Waals surface area contributed by atoms with Gasteiger partial charge in [-0.05, 0) is 49.8 Å². The van der Waals surface area contributed by atoms with Gasteiger partial charge in [-0.1, -0.05) is 25.5 Å². The lowest BCUT2D eigenvalue weighted by atomic mass is 9.75. The summed E-state index contributed by atoms with van der Waals surface area (Å²) in [7, 11) is 0. The van der Waals surface area contributed by atoms with Crippen LogP contribution in [-0.2, 0) is 11.2 Å². The van der Waals surface area contributed by atoms with Crippen molar-refractivity contribution in [2.45, 2.75) is 57.4 Å². The monoisotopic (exact) mass is 260 g/mol. The SMILES string of the molecule is CCCCc1ccc(NC(=O)CC2(N)CCC2)cc1. The molecule has 3 heteroatoms. The summed E-state index contributed by atoms with van der Waals surface area (Å²) >= 11 is 0. The van der Waals surface area contributed by atoms with Crippen molar-refractivity contribution >= 4 is 11.6 Å². The van der Waals surface area contributed by atoms with Crippen LogP contribution in [0.5, 0.6) is 0 Å². The van der Waals surface area contributed by atoms with Crippen molar-refractivity contribution in [3.05, 3.63) is 29.8 Å². The van der Waals surface area contributed by atoms with Crippen molar-refractivity contribution in [2.75, 3.05) is 5.32 Å². The van der Waals surface area contributed by atoms with Crippen LogP contribution >= 0.6 is 0 Å². The van der Waals surface area contributed by atoms with Crippen molar-refractivity contribution in [1.29, 1.82) is 0 Å². The number of rotatable bonds is 6. The van der Waals surface area contributed by atoms with E-state index in [1.54, 1.807) is 0 Å². The van der Waals surface area contributed by atoms with Gasteiger partial charge in [-0.2, -0.15) is 0 Å². The number of benzene rings is 1. The number of hydrogen-bond donors (Lipinski definition) is 2. The first-order chi connectivity index (χ1) is 9.11. The third-order valence-corrected chi connectivity index (χ3v) is 3.92. The molecule has 1 fully saturated rings. The van der Waals surface area contributed by atoms with Gasteiger partial charge in [0, 0.05) is 17.6 Å². The van der Waals surface area contributed by atoms with E-state index in [0.29, 0.717) is 6.42 Å². The average Bonchev–Trinajstić information content (AvgIpc) is 2.36. The molecule has 0 unspecified atom stereocenters. The van der Waals surface area contributed by atoms with Crippen molar-refractivity contribution in [3.8, 4) is 0 Å². The molecule has 0 bridgehead atoms. The average molecular weight is 260 g/mol. The molecule has 1 saturated carbocycles. The molecule has 1 aromatic rings. The predicted octanol–water partition coefficient (Wildman–Crippen LogP) is 3.24. The normalized spacial score (nSPS) is 16.7. The molecule has 1 aliphatic carbocycles. The Balaban J connectivity index is 1.83. The van der Waals surface area contributed by atoms with E-state index < -0.39 is 0 Å². The third kappa shape index (κ3) is 4.06. The summed E-state index contributed by atoms with van der Waals surface area (Å²) in [4.78, 5) is 11.9. The molecule has 0 heterocycles. The van der Waals surface area contributed by atoms with Gasteiger partial charge in [-0.25, -0.2) is 0 Å². The Hall–Kier alpha value is -1.35. The van der Waals surface area contributed by atoms with Crippen molar-refractivity contribution in [2.24, 2.45) is 5.73 Å². The number of unbranched alkanes of at least 4 members (excludes halogenated alkanes) is 1. The highest BCUT2D eigenvalue weighted by atomic mass is 16.1. The molecule has 2 rings (SSSR count). The number of amides is 1. The summed E-state index contributed by atoms with van der Waals surface area (Å²) < 4.78 is 0. The van der Waals surface area contributed by atoms with Gasteiger partial charge < -0.3 is 11.1 Å². The van der Waals surface area contributed by atoms with Crippen LogP contribution in [0.1, 0.15) is 51.0 Å². The second-order valence-electron chi connectivity index (χ2n) is 5.74. The van der Waals surface area contributed by atoms with E-state index in [-0.39, 0.29) is 11.4 Å². The van der Waals surface area contributed by atoms with E-state index in [9.17, 15) is 4.79 Å². The Morgan fingerprint density at radius 2 is 2.00 bits per heavy atom. The van der Waals surface area contributed by atoms with Gasteiger partial charge in [-0.15, -0.1) is 0 Å². The van der Waals surface area contributed by atoms with E-state index >= 15 is 0 Å². The second-order valence-corrected chi connectivity index (χ2v) is 5.74. The fraction of sp³-hybridized carbons (Fsp3) is 0.562. The Labute approximate surface area is 115 Å². The van der Waals surface area contributed by atoms with Gasteiger partial charge in [0.05, 0.1) is 0 Å². The van der Waals surface area contributed by atoms with Crippen LogP contribution in [0.3, 0.4) is 0 Å². The van der Waals surface area contributed by atoms with E-state index in [0.717, 1.165) is 31.4 Å². The lowest BCUT2D eigenvalue weighted by molar-refractivity contribution is -0.118. The van der Waals surface area contributed by atoms with E-state index in [1.807, 2.05) is 12.1 Å². The molecule has 1 aliphatic rings. The molecule has 3 nitrogen and oxygen atoms in total. The smallest absolute Gasteiger partial charge is 0.226 e. The minimum atomic E-state index is -0.245. The highest BCUT2D eigenvalue weighted by molar-refractivity contribution is 5.91. The van der Waals surface area contributed by atoms with Crippen LogP contribution < -0.4 is 11.1 Å². The van der Waals surface area contributed by atoms with Crippen molar-refractivity contribution in [3.63, 3.8) is 0 Å². The number of carbonyl (C=O) groups excluding carboxylic acids is 1. The number of aryl methyl sites for hydroxylation is 1. The molecule has 0 atom stereocenters. The minimum Gasteiger partial charge on any atom is -0.326 e. The number of hydrogen-bond acceptors (Lipinski definition) is 2. The van der Waals surface area contributed by atoms with Crippen molar-refractivity contribution in [1.82, 2.24) is 0 Å². The predicted molar refractivity (Wildman–Crippen MR) is 79.1 cm³/mol. The molecule has 19 heavy (non-hydrogen) atoms. The summed E-state index contributed by atoms with van der Waals surface area (Å²) in [6.45, 7) is 2.19. The van der Waals surface area contributed by atoms with Gasteiger partial charge in [0.1, 0.15) is 0 Å². The maximum absolute atomic E-state index is 11.9. The molecule has 0 aromatic heterocycles. The van der Waals surface area contributed by atoms with Crippen molar-refractivity contribution < 1.29 is 4.79 Å². The number of nitrogens with one attached hydrogen (secondary N) is 1. The van der Waals surface area contributed by atoms with Crippen LogP contribution in [0, 0.1) is 0 Å². The molecule has 104 valence electrons. The summed E-state index contributed by atoms with van der Waals surface area (Å²) in [6.07, 6.45) is 7.04. The first kappa shape index (κ1) is 14.1. The zero-order valence-electron chi connectivity index (χ0n) is 11.7. The first-order valence-electron chi connectivity index (χ1n) is 7.29. The van der Waals surface area contributed by atoms with Crippen LogP contribution in [0.15, 0.2) is 24.3 Å². The highest BCUT2D eigenvalue weighted by Gasteiger charge is 2.34. The molecular formula is C16H24N2O. The first-order valence-corrected chi connectivity index (χ1v) is 7.29. The maximum atomic E-state index is 11.9. The Bertz CT molecular complexity index is 421. The lowest BCUT2D eigenvalue weighted by Gasteiger charge is -2.37. The molecule has 3 N–H and O–H groups in total. The second kappa shape index (κ2) is 6.20. The Morgan fingerprint density at radius 1 is 1.32 bits per heavy atom. The molecule has 1 aromatic carbocycles. The van der Waals surface area contributed by atoms with E-state index in [1.165, 1.54) is 18.4 Å². The zero-order chi connectivity index (χ0) is 13.7. The summed E-state index contributed by atoms with van der Waals surface area (Å²) in [5, 5.41) is 2.93. The van der Waals surface area contributed by atoms with E-state index in [4.69, 9.17) is 5.73 Å².